The molecule has 18 heavy (non-hydrogen) atoms. The summed E-state index contributed by atoms with van der Waals surface area (Å²) in [5.74, 6) is 0.239. The Morgan fingerprint density at radius 2 is 2.11 bits per heavy atom. The first-order chi connectivity index (χ1) is 8.20. The van der Waals surface area contributed by atoms with Gasteiger partial charge in [0.25, 0.3) is 0 Å². The second kappa shape index (κ2) is 5.80. The summed E-state index contributed by atoms with van der Waals surface area (Å²) in [6.45, 7) is 10.3. The first-order valence-corrected chi connectivity index (χ1v) is 7.09. The molecule has 0 saturated heterocycles. The zero-order valence-corrected chi connectivity index (χ0v) is 12.6. The van der Waals surface area contributed by atoms with Crippen LogP contribution in [-0.2, 0) is 10.2 Å². The van der Waals surface area contributed by atoms with Crippen LogP contribution < -0.4 is 11.1 Å². The molecule has 1 rings (SSSR count). The standard InChI is InChI=1S/C13H23N3OS/c1-8(2)9(14)6-11(17)16-12-15-10(7-18-12)13(3,4)5/h7-9H,6,14H2,1-5H3,(H,15,16,17). The van der Waals surface area contributed by atoms with Crippen LogP contribution in [0.25, 0.3) is 0 Å². The minimum atomic E-state index is -0.105. The molecule has 1 atom stereocenters. The summed E-state index contributed by atoms with van der Waals surface area (Å²) >= 11 is 1.46. The zero-order valence-electron chi connectivity index (χ0n) is 11.8. The van der Waals surface area contributed by atoms with Crippen LogP contribution in [0.3, 0.4) is 0 Å². The largest absolute Gasteiger partial charge is 0.327 e. The van der Waals surface area contributed by atoms with Gasteiger partial charge >= 0.3 is 0 Å². The normalized spacial score (nSPS) is 13.7. The smallest absolute Gasteiger partial charge is 0.227 e. The molecule has 0 aliphatic carbocycles. The number of amides is 1. The molecule has 1 unspecified atom stereocenters. The number of thiazole rings is 1. The van der Waals surface area contributed by atoms with Gasteiger partial charge < -0.3 is 11.1 Å². The van der Waals surface area contributed by atoms with Gasteiger partial charge in [-0.05, 0) is 5.92 Å². The summed E-state index contributed by atoms with van der Waals surface area (Å²) in [7, 11) is 0. The molecular formula is C13H23N3OS. The van der Waals surface area contributed by atoms with Gasteiger partial charge in [0, 0.05) is 23.3 Å². The SMILES string of the molecule is CC(C)C(N)CC(=O)Nc1nc(C(C)(C)C)cs1. The summed E-state index contributed by atoms with van der Waals surface area (Å²) in [6.07, 6.45) is 0.335. The topological polar surface area (TPSA) is 68.0 Å². The van der Waals surface area contributed by atoms with Gasteiger partial charge in [0.05, 0.1) is 5.69 Å². The minimum absolute atomic E-state index is 0.00775. The average molecular weight is 269 g/mol. The molecule has 1 heterocycles. The quantitative estimate of drug-likeness (QED) is 0.883. The van der Waals surface area contributed by atoms with E-state index in [0.717, 1.165) is 5.69 Å². The maximum absolute atomic E-state index is 11.8. The molecule has 0 aromatic carbocycles. The Labute approximate surface area is 113 Å². The monoisotopic (exact) mass is 269 g/mol. The van der Waals surface area contributed by atoms with Gasteiger partial charge in [-0.3, -0.25) is 4.79 Å². The van der Waals surface area contributed by atoms with Crippen LogP contribution in [0, 0.1) is 5.92 Å². The average Bonchev–Trinajstić information content (AvgIpc) is 2.64. The first-order valence-electron chi connectivity index (χ1n) is 6.21. The predicted octanol–water partition coefficient (Wildman–Crippen LogP) is 2.75. The van der Waals surface area contributed by atoms with Gasteiger partial charge in [0.15, 0.2) is 5.13 Å². The number of hydrogen-bond acceptors (Lipinski definition) is 4. The van der Waals surface area contributed by atoms with Crippen molar-refractivity contribution in [3.63, 3.8) is 0 Å². The highest BCUT2D eigenvalue weighted by molar-refractivity contribution is 7.13. The van der Waals surface area contributed by atoms with Crippen LogP contribution in [-0.4, -0.2) is 16.9 Å². The number of anilines is 1. The molecule has 1 amide bonds. The van der Waals surface area contributed by atoms with Crippen molar-refractivity contribution in [2.45, 2.75) is 52.5 Å². The fourth-order valence-corrected chi connectivity index (χ4v) is 2.25. The van der Waals surface area contributed by atoms with E-state index in [1.807, 2.05) is 19.2 Å². The van der Waals surface area contributed by atoms with Gasteiger partial charge in [-0.1, -0.05) is 34.6 Å². The third-order valence-corrected chi connectivity index (χ3v) is 3.55. The summed E-state index contributed by atoms with van der Waals surface area (Å²) in [4.78, 5) is 16.2. The molecule has 5 heteroatoms. The Bertz CT molecular complexity index is 407. The number of rotatable bonds is 4. The van der Waals surface area contributed by atoms with Crippen LogP contribution in [0.2, 0.25) is 0 Å². The Balaban J connectivity index is 2.58. The van der Waals surface area contributed by atoms with E-state index in [2.05, 4.69) is 31.1 Å². The summed E-state index contributed by atoms with van der Waals surface area (Å²) in [6, 6.07) is -0.105. The van der Waals surface area contributed by atoms with Gasteiger partial charge in [0.2, 0.25) is 5.91 Å². The lowest BCUT2D eigenvalue weighted by atomic mass is 9.93. The highest BCUT2D eigenvalue weighted by Gasteiger charge is 2.19. The van der Waals surface area contributed by atoms with Crippen LogP contribution >= 0.6 is 11.3 Å². The van der Waals surface area contributed by atoms with Crippen molar-refractivity contribution in [2.24, 2.45) is 11.7 Å². The van der Waals surface area contributed by atoms with E-state index in [4.69, 9.17) is 5.73 Å². The molecule has 0 spiro atoms. The van der Waals surface area contributed by atoms with E-state index >= 15 is 0 Å². The third kappa shape index (κ3) is 4.38. The fraction of sp³-hybridized carbons (Fsp3) is 0.692. The molecule has 0 bridgehead atoms. The number of carbonyl (C=O) groups excluding carboxylic acids is 1. The zero-order chi connectivity index (χ0) is 13.9. The molecule has 0 aliphatic rings. The predicted molar refractivity (Wildman–Crippen MR) is 76.9 cm³/mol. The Hall–Kier alpha value is -0.940. The van der Waals surface area contributed by atoms with Crippen molar-refractivity contribution in [1.82, 2.24) is 4.98 Å². The van der Waals surface area contributed by atoms with Crippen LogP contribution in [0.1, 0.15) is 46.7 Å². The van der Waals surface area contributed by atoms with Gasteiger partial charge in [-0.15, -0.1) is 11.3 Å². The van der Waals surface area contributed by atoms with Crippen molar-refractivity contribution < 1.29 is 4.79 Å². The second-order valence-electron chi connectivity index (χ2n) is 5.95. The van der Waals surface area contributed by atoms with Crippen molar-refractivity contribution in [2.75, 3.05) is 5.32 Å². The van der Waals surface area contributed by atoms with E-state index in [0.29, 0.717) is 17.5 Å². The van der Waals surface area contributed by atoms with E-state index in [-0.39, 0.29) is 17.4 Å². The lowest BCUT2D eigenvalue weighted by Gasteiger charge is -2.15. The Kier molecular flexibility index (Phi) is 4.87. The number of carbonyl (C=O) groups is 1. The van der Waals surface area contributed by atoms with E-state index < -0.39 is 0 Å². The Morgan fingerprint density at radius 1 is 1.50 bits per heavy atom. The number of nitrogens with one attached hydrogen (secondary N) is 1. The molecule has 0 saturated carbocycles. The molecule has 102 valence electrons. The lowest BCUT2D eigenvalue weighted by molar-refractivity contribution is -0.116. The van der Waals surface area contributed by atoms with Crippen molar-refractivity contribution >= 4 is 22.4 Å². The molecule has 0 fully saturated rings. The molecule has 3 N–H and O–H groups in total. The van der Waals surface area contributed by atoms with Gasteiger partial charge in [0.1, 0.15) is 0 Å². The number of nitrogens with zero attached hydrogens (tertiary/aromatic N) is 1. The van der Waals surface area contributed by atoms with E-state index in [1.54, 1.807) is 0 Å². The van der Waals surface area contributed by atoms with Crippen molar-refractivity contribution in [3.8, 4) is 0 Å². The molecule has 4 nitrogen and oxygen atoms in total. The molecular weight excluding hydrogens is 246 g/mol. The van der Waals surface area contributed by atoms with Crippen molar-refractivity contribution in [1.29, 1.82) is 0 Å². The van der Waals surface area contributed by atoms with Gasteiger partial charge in [-0.2, -0.15) is 0 Å². The Morgan fingerprint density at radius 3 is 2.56 bits per heavy atom. The molecule has 1 aromatic rings. The maximum atomic E-state index is 11.8. The van der Waals surface area contributed by atoms with E-state index in [9.17, 15) is 4.79 Å². The lowest BCUT2D eigenvalue weighted by Crippen LogP contribution is -2.31. The second-order valence-corrected chi connectivity index (χ2v) is 6.81. The molecule has 0 radical (unpaired) electrons. The highest BCUT2D eigenvalue weighted by Crippen LogP contribution is 2.26. The third-order valence-electron chi connectivity index (χ3n) is 2.80. The van der Waals surface area contributed by atoms with Crippen LogP contribution in [0.4, 0.5) is 5.13 Å². The van der Waals surface area contributed by atoms with Crippen molar-refractivity contribution in [3.05, 3.63) is 11.1 Å². The minimum Gasteiger partial charge on any atom is -0.327 e. The summed E-state index contributed by atoms with van der Waals surface area (Å²) < 4.78 is 0. The molecule has 0 aliphatic heterocycles. The van der Waals surface area contributed by atoms with Crippen LogP contribution in [0.15, 0.2) is 5.38 Å². The summed E-state index contributed by atoms with van der Waals surface area (Å²) in [5, 5.41) is 5.45. The number of hydrogen-bond donors (Lipinski definition) is 2. The maximum Gasteiger partial charge on any atom is 0.227 e. The van der Waals surface area contributed by atoms with E-state index in [1.165, 1.54) is 11.3 Å². The van der Waals surface area contributed by atoms with Gasteiger partial charge in [-0.25, -0.2) is 4.98 Å². The number of aromatic nitrogens is 1. The summed E-state index contributed by atoms with van der Waals surface area (Å²) in [5.41, 5.74) is 6.87. The fourth-order valence-electron chi connectivity index (χ4n) is 1.30. The van der Waals surface area contributed by atoms with Crippen LogP contribution in [0.5, 0.6) is 0 Å². The highest BCUT2D eigenvalue weighted by atomic mass is 32.1. The number of nitrogens with two attached hydrogens (primary N) is 1. The first kappa shape index (κ1) is 15.1. The molecule has 1 aromatic heterocycles.